The molecule has 6 heteroatoms. The molecule has 1 aliphatic heterocycles. The summed E-state index contributed by atoms with van der Waals surface area (Å²) in [4.78, 5) is 26.2. The van der Waals surface area contributed by atoms with Gasteiger partial charge >= 0.3 is 6.03 Å². The van der Waals surface area contributed by atoms with Gasteiger partial charge in [-0.15, -0.1) is 0 Å². The number of likely N-dealkylation sites (N-methyl/N-ethyl adjacent to an activating group) is 1. The van der Waals surface area contributed by atoms with Crippen LogP contribution in [-0.4, -0.2) is 37.0 Å². The molecule has 0 saturated carbocycles. The maximum atomic E-state index is 12.4. The molecule has 0 unspecified atom stereocenters. The second-order valence-corrected chi connectivity index (χ2v) is 6.24. The Hall–Kier alpha value is -3.02. The number of hydrogen-bond acceptors (Lipinski definition) is 3. The number of nitrogens with zero attached hydrogens (tertiary/aromatic N) is 1. The van der Waals surface area contributed by atoms with Crippen LogP contribution in [0.4, 0.5) is 16.2 Å². The summed E-state index contributed by atoms with van der Waals surface area (Å²) in [5.74, 6) is 0.417. The van der Waals surface area contributed by atoms with Crippen LogP contribution < -0.4 is 15.4 Å². The number of aryl methyl sites for hydroxylation is 2. The summed E-state index contributed by atoms with van der Waals surface area (Å²) in [6, 6.07) is 10.5. The molecule has 0 radical (unpaired) electrons. The fourth-order valence-corrected chi connectivity index (χ4v) is 2.84. The smallest absolute Gasteiger partial charge is 0.323 e. The molecule has 0 aliphatic carbocycles. The van der Waals surface area contributed by atoms with Crippen molar-refractivity contribution in [3.05, 3.63) is 53.1 Å². The minimum Gasteiger partial charge on any atom is -0.491 e. The lowest BCUT2D eigenvalue weighted by Gasteiger charge is -2.13. The van der Waals surface area contributed by atoms with Gasteiger partial charge in [0.25, 0.3) is 5.91 Å². The second kappa shape index (κ2) is 6.84. The van der Waals surface area contributed by atoms with E-state index in [9.17, 15) is 9.59 Å². The average molecular weight is 339 g/mol. The molecule has 3 amide bonds. The van der Waals surface area contributed by atoms with E-state index < -0.39 is 0 Å². The highest BCUT2D eigenvalue weighted by Crippen LogP contribution is 2.26. The molecule has 2 N–H and O–H groups in total. The molecule has 6 nitrogen and oxygen atoms in total. The van der Waals surface area contributed by atoms with Crippen LogP contribution in [0.2, 0.25) is 0 Å². The fourth-order valence-electron chi connectivity index (χ4n) is 2.84. The van der Waals surface area contributed by atoms with E-state index in [0.717, 1.165) is 16.8 Å². The topological polar surface area (TPSA) is 70.7 Å². The number of nitrogens with one attached hydrogen (secondary N) is 2. The van der Waals surface area contributed by atoms with E-state index in [2.05, 4.69) is 10.6 Å². The fraction of sp³-hybridized carbons (Fsp3) is 0.263. The minimum atomic E-state index is -0.361. The van der Waals surface area contributed by atoms with Crippen LogP contribution in [-0.2, 0) is 0 Å². The Morgan fingerprint density at radius 1 is 1.04 bits per heavy atom. The molecular formula is C19H21N3O3. The number of benzene rings is 2. The zero-order chi connectivity index (χ0) is 18.0. The molecule has 130 valence electrons. The van der Waals surface area contributed by atoms with Crippen molar-refractivity contribution >= 4 is 23.3 Å². The van der Waals surface area contributed by atoms with Gasteiger partial charge in [0, 0.05) is 18.4 Å². The number of ether oxygens (including phenoxy) is 1. The number of rotatable bonds is 2. The highest BCUT2D eigenvalue weighted by molar-refractivity contribution is 6.02. The standard InChI is InChI=1S/C19H21N3O3/c1-12-8-13(2)10-15(9-12)21-19(24)20-14-4-5-17-16(11-14)18(23)22(3)6-7-25-17/h4-5,8-11H,6-7H2,1-3H3,(H2,20,21,24). The highest BCUT2D eigenvalue weighted by atomic mass is 16.5. The molecule has 1 heterocycles. The largest absolute Gasteiger partial charge is 0.491 e. The quantitative estimate of drug-likeness (QED) is 0.881. The lowest BCUT2D eigenvalue weighted by Crippen LogP contribution is -2.28. The summed E-state index contributed by atoms with van der Waals surface area (Å²) in [5.41, 5.74) is 3.86. The van der Waals surface area contributed by atoms with E-state index in [1.807, 2.05) is 32.0 Å². The van der Waals surface area contributed by atoms with Crippen LogP contribution in [0.1, 0.15) is 21.5 Å². The van der Waals surface area contributed by atoms with Gasteiger partial charge in [-0.05, 0) is 55.3 Å². The van der Waals surface area contributed by atoms with Crippen LogP contribution >= 0.6 is 0 Å². The Balaban J connectivity index is 1.76. The van der Waals surface area contributed by atoms with Gasteiger partial charge in [0.2, 0.25) is 0 Å². The van der Waals surface area contributed by atoms with Crippen molar-refractivity contribution in [2.45, 2.75) is 13.8 Å². The van der Waals surface area contributed by atoms with Crippen molar-refractivity contribution in [3.8, 4) is 5.75 Å². The van der Waals surface area contributed by atoms with E-state index in [4.69, 9.17) is 4.74 Å². The Morgan fingerprint density at radius 3 is 2.44 bits per heavy atom. The summed E-state index contributed by atoms with van der Waals surface area (Å²) in [7, 11) is 1.73. The molecule has 0 bridgehead atoms. The van der Waals surface area contributed by atoms with Gasteiger partial charge in [-0.25, -0.2) is 4.79 Å². The second-order valence-electron chi connectivity index (χ2n) is 6.24. The van der Waals surface area contributed by atoms with Gasteiger partial charge in [0.05, 0.1) is 12.1 Å². The van der Waals surface area contributed by atoms with E-state index in [-0.39, 0.29) is 11.9 Å². The van der Waals surface area contributed by atoms with Crippen molar-refractivity contribution in [3.63, 3.8) is 0 Å². The first-order valence-corrected chi connectivity index (χ1v) is 8.11. The summed E-state index contributed by atoms with van der Waals surface area (Å²) in [6.45, 7) is 4.94. The third kappa shape index (κ3) is 3.91. The lowest BCUT2D eigenvalue weighted by atomic mass is 10.1. The minimum absolute atomic E-state index is 0.120. The molecule has 0 spiro atoms. The third-order valence-electron chi connectivity index (χ3n) is 3.98. The zero-order valence-electron chi connectivity index (χ0n) is 14.6. The summed E-state index contributed by atoms with van der Waals surface area (Å²) in [6.07, 6.45) is 0. The van der Waals surface area contributed by atoms with Crippen molar-refractivity contribution in [2.75, 3.05) is 30.8 Å². The van der Waals surface area contributed by atoms with Crippen molar-refractivity contribution in [1.82, 2.24) is 4.90 Å². The molecule has 25 heavy (non-hydrogen) atoms. The Morgan fingerprint density at radius 2 is 1.72 bits per heavy atom. The Labute approximate surface area is 146 Å². The molecular weight excluding hydrogens is 318 g/mol. The van der Waals surface area contributed by atoms with Gasteiger partial charge in [0.1, 0.15) is 12.4 Å². The van der Waals surface area contributed by atoms with Crippen molar-refractivity contribution < 1.29 is 14.3 Å². The Bertz CT molecular complexity index is 812. The Kier molecular flexibility index (Phi) is 4.61. The first kappa shape index (κ1) is 16.8. The maximum absolute atomic E-state index is 12.4. The molecule has 3 rings (SSSR count). The molecule has 0 saturated heterocycles. The predicted molar refractivity (Wildman–Crippen MR) is 97.5 cm³/mol. The van der Waals surface area contributed by atoms with E-state index >= 15 is 0 Å². The highest BCUT2D eigenvalue weighted by Gasteiger charge is 2.21. The summed E-state index contributed by atoms with van der Waals surface area (Å²) < 4.78 is 5.58. The van der Waals surface area contributed by atoms with Gasteiger partial charge in [-0.1, -0.05) is 6.07 Å². The molecule has 0 atom stereocenters. The van der Waals surface area contributed by atoms with Crippen LogP contribution in [0.25, 0.3) is 0 Å². The third-order valence-corrected chi connectivity index (χ3v) is 3.98. The number of fused-ring (bicyclic) bond motifs is 1. The number of hydrogen-bond donors (Lipinski definition) is 2. The SMILES string of the molecule is Cc1cc(C)cc(NC(=O)Nc2ccc3c(c2)C(=O)N(C)CCO3)c1. The maximum Gasteiger partial charge on any atom is 0.323 e. The van der Waals surface area contributed by atoms with Gasteiger partial charge in [-0.3, -0.25) is 4.79 Å². The van der Waals surface area contributed by atoms with E-state index in [1.165, 1.54) is 0 Å². The van der Waals surface area contributed by atoms with Crippen LogP contribution in [0, 0.1) is 13.8 Å². The summed E-state index contributed by atoms with van der Waals surface area (Å²) >= 11 is 0. The lowest BCUT2D eigenvalue weighted by molar-refractivity contribution is 0.0796. The number of carbonyl (C=O) groups excluding carboxylic acids is 2. The predicted octanol–water partition coefficient (Wildman–Crippen LogP) is 3.41. The van der Waals surface area contributed by atoms with E-state index in [1.54, 1.807) is 30.1 Å². The molecule has 1 aliphatic rings. The van der Waals surface area contributed by atoms with Gasteiger partial charge in [0.15, 0.2) is 0 Å². The van der Waals surface area contributed by atoms with Crippen molar-refractivity contribution in [2.24, 2.45) is 0 Å². The summed E-state index contributed by atoms with van der Waals surface area (Å²) in [5, 5.41) is 5.57. The monoisotopic (exact) mass is 339 g/mol. The first-order chi connectivity index (χ1) is 11.9. The average Bonchev–Trinajstić information content (AvgIpc) is 2.66. The number of carbonyl (C=O) groups is 2. The zero-order valence-corrected chi connectivity index (χ0v) is 14.6. The number of urea groups is 1. The number of anilines is 2. The van der Waals surface area contributed by atoms with Crippen molar-refractivity contribution in [1.29, 1.82) is 0 Å². The van der Waals surface area contributed by atoms with Crippen LogP contribution in [0.3, 0.4) is 0 Å². The first-order valence-electron chi connectivity index (χ1n) is 8.11. The number of amides is 3. The van der Waals surface area contributed by atoms with Gasteiger partial charge < -0.3 is 20.3 Å². The van der Waals surface area contributed by atoms with Gasteiger partial charge in [-0.2, -0.15) is 0 Å². The van der Waals surface area contributed by atoms with Crippen LogP contribution in [0.5, 0.6) is 5.75 Å². The molecule has 0 fully saturated rings. The van der Waals surface area contributed by atoms with Crippen LogP contribution in [0.15, 0.2) is 36.4 Å². The molecule has 2 aromatic carbocycles. The molecule has 2 aromatic rings. The van der Waals surface area contributed by atoms with E-state index in [0.29, 0.717) is 30.2 Å². The normalized spacial score (nSPS) is 13.6. The molecule has 0 aromatic heterocycles.